The fourth-order valence-electron chi connectivity index (χ4n) is 2.92. The van der Waals surface area contributed by atoms with Crippen LogP contribution in [-0.2, 0) is 11.3 Å². The van der Waals surface area contributed by atoms with Crippen LogP contribution in [-0.4, -0.2) is 24.2 Å². The summed E-state index contributed by atoms with van der Waals surface area (Å²) in [5, 5.41) is 0. The summed E-state index contributed by atoms with van der Waals surface area (Å²) in [6.45, 7) is 3.06. The molecule has 5 nitrogen and oxygen atoms in total. The minimum atomic E-state index is -0.582. The van der Waals surface area contributed by atoms with E-state index >= 15 is 0 Å². The Balaban J connectivity index is 1.94. The van der Waals surface area contributed by atoms with Gasteiger partial charge in [-0.1, -0.05) is 35.9 Å². The lowest BCUT2D eigenvalue weighted by Crippen LogP contribution is -2.28. The minimum Gasteiger partial charge on any atom is -0.491 e. The highest BCUT2D eigenvalue weighted by Crippen LogP contribution is 2.32. The van der Waals surface area contributed by atoms with Crippen molar-refractivity contribution < 1.29 is 18.7 Å². The van der Waals surface area contributed by atoms with E-state index in [1.165, 1.54) is 6.92 Å². The average molecular weight is 394 g/mol. The summed E-state index contributed by atoms with van der Waals surface area (Å²) in [6, 6.07) is 18.4. The zero-order chi connectivity index (χ0) is 20.6. The number of carbonyl (C=O) groups excluding carboxylic acids is 1. The lowest BCUT2D eigenvalue weighted by molar-refractivity contribution is -0.116. The molecule has 0 aliphatic carbocycles. The molecular formula is C23H23FN2O3. The van der Waals surface area contributed by atoms with Crippen molar-refractivity contribution in [1.82, 2.24) is 4.98 Å². The molecule has 150 valence electrons. The normalized spacial score (nSPS) is 10.4. The van der Waals surface area contributed by atoms with Gasteiger partial charge >= 0.3 is 0 Å². The van der Waals surface area contributed by atoms with E-state index in [0.29, 0.717) is 23.1 Å². The maximum atomic E-state index is 12.6. The van der Waals surface area contributed by atoms with Crippen LogP contribution >= 0.6 is 0 Å². The van der Waals surface area contributed by atoms with E-state index in [-0.39, 0.29) is 19.1 Å². The van der Waals surface area contributed by atoms with Crippen LogP contribution in [0.5, 0.6) is 17.4 Å². The van der Waals surface area contributed by atoms with E-state index in [1.54, 1.807) is 29.3 Å². The Morgan fingerprint density at radius 2 is 1.90 bits per heavy atom. The van der Waals surface area contributed by atoms with Crippen molar-refractivity contribution in [2.24, 2.45) is 0 Å². The second kappa shape index (κ2) is 9.68. The first-order valence-corrected chi connectivity index (χ1v) is 9.33. The Labute approximate surface area is 169 Å². The molecule has 0 bridgehead atoms. The second-order valence-corrected chi connectivity index (χ2v) is 6.50. The molecule has 0 radical (unpaired) electrons. The molecule has 29 heavy (non-hydrogen) atoms. The van der Waals surface area contributed by atoms with Gasteiger partial charge in [0.05, 0.1) is 6.54 Å². The number of halogens is 1. The van der Waals surface area contributed by atoms with Gasteiger partial charge in [0.1, 0.15) is 30.5 Å². The van der Waals surface area contributed by atoms with Gasteiger partial charge in [0.2, 0.25) is 11.8 Å². The van der Waals surface area contributed by atoms with Gasteiger partial charge in [0, 0.05) is 18.7 Å². The highest BCUT2D eigenvalue weighted by molar-refractivity contribution is 5.92. The summed E-state index contributed by atoms with van der Waals surface area (Å²) in [5.74, 6) is 1.33. The van der Waals surface area contributed by atoms with Gasteiger partial charge in [-0.25, -0.2) is 9.37 Å². The molecule has 0 spiro atoms. The monoisotopic (exact) mass is 394 g/mol. The average Bonchev–Trinajstić information content (AvgIpc) is 2.72. The Morgan fingerprint density at radius 1 is 1.10 bits per heavy atom. The van der Waals surface area contributed by atoms with Gasteiger partial charge in [0.25, 0.3) is 0 Å². The fourth-order valence-corrected chi connectivity index (χ4v) is 2.92. The summed E-state index contributed by atoms with van der Waals surface area (Å²) >= 11 is 0. The molecule has 0 aliphatic heterocycles. The van der Waals surface area contributed by atoms with Crippen LogP contribution in [0.4, 0.5) is 10.1 Å². The Bertz CT molecular complexity index is 963. The Kier molecular flexibility index (Phi) is 6.79. The van der Waals surface area contributed by atoms with E-state index in [0.717, 1.165) is 11.1 Å². The molecule has 3 rings (SSSR count). The first-order valence-electron chi connectivity index (χ1n) is 9.33. The van der Waals surface area contributed by atoms with Crippen molar-refractivity contribution in [2.75, 3.05) is 18.2 Å². The number of anilines is 1. The molecule has 0 aliphatic rings. The zero-order valence-corrected chi connectivity index (χ0v) is 16.5. The van der Waals surface area contributed by atoms with Crippen LogP contribution in [0, 0.1) is 6.92 Å². The lowest BCUT2D eigenvalue weighted by Gasteiger charge is -2.24. The summed E-state index contributed by atoms with van der Waals surface area (Å²) < 4.78 is 24.0. The lowest BCUT2D eigenvalue weighted by atomic mass is 10.1. The molecule has 0 saturated heterocycles. The van der Waals surface area contributed by atoms with Gasteiger partial charge in [-0.3, -0.25) is 4.79 Å². The largest absolute Gasteiger partial charge is 0.491 e. The third-order valence-corrected chi connectivity index (χ3v) is 4.26. The number of benzene rings is 2. The third kappa shape index (κ3) is 5.31. The van der Waals surface area contributed by atoms with E-state index in [2.05, 4.69) is 4.98 Å². The molecular weight excluding hydrogens is 371 g/mol. The Hall–Kier alpha value is -3.41. The summed E-state index contributed by atoms with van der Waals surface area (Å²) in [7, 11) is 0. The van der Waals surface area contributed by atoms with Crippen molar-refractivity contribution in [3.05, 3.63) is 78.0 Å². The zero-order valence-electron chi connectivity index (χ0n) is 16.5. The Morgan fingerprint density at radius 3 is 2.62 bits per heavy atom. The van der Waals surface area contributed by atoms with Crippen LogP contribution in [0.25, 0.3) is 0 Å². The quantitative estimate of drug-likeness (QED) is 0.534. The number of carbonyl (C=O) groups is 1. The number of nitrogens with zero attached hydrogens (tertiary/aromatic N) is 2. The first kappa shape index (κ1) is 20.3. The predicted octanol–water partition coefficient (Wildman–Crippen LogP) is 5.08. The van der Waals surface area contributed by atoms with E-state index in [9.17, 15) is 9.18 Å². The van der Waals surface area contributed by atoms with Gasteiger partial charge in [-0.2, -0.15) is 0 Å². The van der Waals surface area contributed by atoms with Crippen LogP contribution in [0.1, 0.15) is 18.1 Å². The van der Waals surface area contributed by atoms with E-state index in [1.807, 2.05) is 49.4 Å². The van der Waals surface area contributed by atoms with Gasteiger partial charge in [-0.05, 0) is 37.3 Å². The van der Waals surface area contributed by atoms with Crippen molar-refractivity contribution in [2.45, 2.75) is 20.4 Å². The van der Waals surface area contributed by atoms with Crippen LogP contribution in [0.3, 0.4) is 0 Å². The van der Waals surface area contributed by atoms with Crippen molar-refractivity contribution in [1.29, 1.82) is 0 Å². The number of pyridine rings is 1. The molecule has 0 unspecified atom stereocenters. The number of hydrogen-bond acceptors (Lipinski definition) is 4. The van der Waals surface area contributed by atoms with Crippen LogP contribution in [0.2, 0.25) is 0 Å². The predicted molar refractivity (Wildman–Crippen MR) is 110 cm³/mol. The molecule has 0 atom stereocenters. The second-order valence-electron chi connectivity index (χ2n) is 6.50. The van der Waals surface area contributed by atoms with E-state index in [4.69, 9.17) is 9.47 Å². The van der Waals surface area contributed by atoms with Gasteiger partial charge in [0.15, 0.2) is 0 Å². The van der Waals surface area contributed by atoms with Crippen molar-refractivity contribution in [3.63, 3.8) is 0 Å². The number of ether oxygens (including phenoxy) is 2. The summed E-state index contributed by atoms with van der Waals surface area (Å²) in [6.07, 6.45) is 1.61. The molecule has 0 fully saturated rings. The van der Waals surface area contributed by atoms with Gasteiger partial charge in [-0.15, -0.1) is 0 Å². The molecule has 1 amide bonds. The number of rotatable bonds is 8. The fraction of sp³-hybridized carbons (Fsp3) is 0.217. The SMILES string of the molecule is CC(=O)N(Cc1cc(C)ccc1OCCF)c1cccnc1Oc1ccccc1. The summed E-state index contributed by atoms with van der Waals surface area (Å²) in [5.41, 5.74) is 2.34. The molecule has 6 heteroatoms. The highest BCUT2D eigenvalue weighted by atomic mass is 19.1. The maximum Gasteiger partial charge on any atom is 0.243 e. The summed E-state index contributed by atoms with van der Waals surface area (Å²) in [4.78, 5) is 18.4. The molecule has 3 aromatic rings. The third-order valence-electron chi connectivity index (χ3n) is 4.26. The van der Waals surface area contributed by atoms with Crippen LogP contribution in [0.15, 0.2) is 66.9 Å². The molecule has 2 aromatic carbocycles. The number of aryl methyl sites for hydroxylation is 1. The maximum absolute atomic E-state index is 12.6. The number of amides is 1. The van der Waals surface area contributed by atoms with Gasteiger partial charge < -0.3 is 14.4 Å². The highest BCUT2D eigenvalue weighted by Gasteiger charge is 2.20. The topological polar surface area (TPSA) is 51.7 Å². The number of alkyl halides is 1. The standard InChI is InChI=1S/C23H23FN2O3/c1-17-10-11-22(28-14-12-24)19(15-17)16-26(18(2)27)21-9-6-13-25-23(21)29-20-7-4-3-5-8-20/h3-11,13,15H,12,14,16H2,1-2H3. The molecule has 0 N–H and O–H groups in total. The first-order chi connectivity index (χ1) is 14.1. The van der Waals surface area contributed by atoms with Crippen molar-refractivity contribution >= 4 is 11.6 Å². The number of hydrogen-bond donors (Lipinski definition) is 0. The minimum absolute atomic E-state index is 0.0363. The van der Waals surface area contributed by atoms with Crippen molar-refractivity contribution in [3.8, 4) is 17.4 Å². The molecule has 1 heterocycles. The molecule has 1 aromatic heterocycles. The number of aromatic nitrogens is 1. The van der Waals surface area contributed by atoms with Crippen LogP contribution < -0.4 is 14.4 Å². The smallest absolute Gasteiger partial charge is 0.243 e. The van der Waals surface area contributed by atoms with E-state index < -0.39 is 6.67 Å². The number of para-hydroxylation sites is 1. The molecule has 0 saturated carbocycles.